The first-order valence-electron chi connectivity index (χ1n) is 8.58. The highest BCUT2D eigenvalue weighted by Gasteiger charge is 2.10. The van der Waals surface area contributed by atoms with E-state index in [2.05, 4.69) is 9.98 Å². The number of phenolic OH excluding ortho intramolecular Hbond substituents is 1. The number of para-hydroxylation sites is 1. The van der Waals surface area contributed by atoms with Crippen LogP contribution in [-0.4, -0.2) is 21.2 Å². The summed E-state index contributed by atoms with van der Waals surface area (Å²) in [6, 6.07) is 21.5. The van der Waals surface area contributed by atoms with Gasteiger partial charge in [0.05, 0.1) is 16.1 Å². The van der Waals surface area contributed by atoms with Crippen molar-refractivity contribution in [2.45, 2.75) is 0 Å². The highest BCUT2D eigenvalue weighted by atomic mass is 16.6. The van der Waals surface area contributed by atoms with Crippen molar-refractivity contribution in [3.63, 3.8) is 0 Å². The Hall–Kier alpha value is -4.06. The van der Waals surface area contributed by atoms with Crippen molar-refractivity contribution in [2.75, 3.05) is 0 Å². The summed E-state index contributed by atoms with van der Waals surface area (Å²) >= 11 is 0. The van der Waals surface area contributed by atoms with E-state index in [0.29, 0.717) is 11.2 Å². The van der Waals surface area contributed by atoms with E-state index in [9.17, 15) is 15.2 Å². The Labute approximate surface area is 160 Å². The number of phenols is 1. The zero-order valence-corrected chi connectivity index (χ0v) is 14.7. The maximum Gasteiger partial charge on any atom is 0.270 e. The number of aromatic hydroxyl groups is 1. The summed E-state index contributed by atoms with van der Waals surface area (Å²) < 4.78 is 0. The highest BCUT2D eigenvalue weighted by molar-refractivity contribution is 6.01. The van der Waals surface area contributed by atoms with Gasteiger partial charge in [-0.1, -0.05) is 42.5 Å². The summed E-state index contributed by atoms with van der Waals surface area (Å²) in [4.78, 5) is 19.3. The van der Waals surface area contributed by atoms with E-state index in [1.807, 2.05) is 54.6 Å². The summed E-state index contributed by atoms with van der Waals surface area (Å²) in [5, 5.41) is 21.9. The minimum Gasteiger partial charge on any atom is -0.507 e. The van der Waals surface area contributed by atoms with Crippen molar-refractivity contribution in [1.82, 2.24) is 4.98 Å². The van der Waals surface area contributed by atoms with Gasteiger partial charge in [-0.15, -0.1) is 0 Å². The maximum atomic E-state index is 11.0. The van der Waals surface area contributed by atoms with Crippen LogP contribution in [0.25, 0.3) is 22.0 Å². The van der Waals surface area contributed by atoms with Gasteiger partial charge in [-0.3, -0.25) is 20.1 Å². The van der Waals surface area contributed by atoms with E-state index in [1.54, 1.807) is 6.20 Å². The standard InChI is InChI=1S/C22H15N3O3/c26-21-10-9-17(25(27)28)13-16(21)14-24-20-8-4-7-19-18(11-12-23-22(19)20)15-5-2-1-3-6-15/h1-14,26H. The van der Waals surface area contributed by atoms with Crippen molar-refractivity contribution in [1.29, 1.82) is 0 Å². The Morgan fingerprint density at radius 3 is 2.61 bits per heavy atom. The molecule has 4 aromatic rings. The summed E-state index contributed by atoms with van der Waals surface area (Å²) in [5.74, 6) is -0.0764. The Balaban J connectivity index is 1.80. The zero-order valence-electron chi connectivity index (χ0n) is 14.7. The molecule has 0 bridgehead atoms. The third kappa shape index (κ3) is 3.31. The van der Waals surface area contributed by atoms with Gasteiger partial charge >= 0.3 is 0 Å². The number of non-ortho nitro benzene ring substituents is 1. The number of nitro groups is 1. The Morgan fingerprint density at radius 2 is 1.82 bits per heavy atom. The van der Waals surface area contributed by atoms with E-state index in [1.165, 1.54) is 24.4 Å². The van der Waals surface area contributed by atoms with Crippen LogP contribution >= 0.6 is 0 Å². The Bertz CT molecular complexity index is 1200. The summed E-state index contributed by atoms with van der Waals surface area (Å²) in [6.07, 6.45) is 3.14. The van der Waals surface area contributed by atoms with Gasteiger partial charge < -0.3 is 5.11 Å². The molecule has 6 nitrogen and oxygen atoms in total. The molecule has 136 valence electrons. The number of aromatic nitrogens is 1. The molecule has 1 N–H and O–H groups in total. The van der Waals surface area contributed by atoms with Crippen LogP contribution in [0.2, 0.25) is 0 Å². The van der Waals surface area contributed by atoms with Gasteiger partial charge in [-0.2, -0.15) is 0 Å². The average molecular weight is 369 g/mol. The third-order valence-electron chi connectivity index (χ3n) is 4.40. The molecule has 0 atom stereocenters. The smallest absolute Gasteiger partial charge is 0.270 e. The van der Waals surface area contributed by atoms with Crippen LogP contribution in [0, 0.1) is 10.1 Å². The second kappa shape index (κ2) is 7.28. The monoisotopic (exact) mass is 369 g/mol. The summed E-state index contributed by atoms with van der Waals surface area (Å²) in [6.45, 7) is 0. The lowest BCUT2D eigenvalue weighted by Gasteiger charge is -2.08. The van der Waals surface area contributed by atoms with Crippen LogP contribution < -0.4 is 0 Å². The molecule has 0 saturated heterocycles. The lowest BCUT2D eigenvalue weighted by molar-refractivity contribution is -0.384. The molecule has 28 heavy (non-hydrogen) atoms. The number of benzene rings is 3. The normalized spacial score (nSPS) is 11.1. The molecule has 0 amide bonds. The van der Waals surface area contributed by atoms with Crippen molar-refractivity contribution < 1.29 is 10.0 Å². The van der Waals surface area contributed by atoms with Gasteiger partial charge in [0, 0.05) is 35.5 Å². The lowest BCUT2D eigenvalue weighted by Crippen LogP contribution is -1.90. The topological polar surface area (TPSA) is 88.6 Å². The molecular weight excluding hydrogens is 354 g/mol. The van der Waals surface area contributed by atoms with Gasteiger partial charge in [-0.25, -0.2) is 0 Å². The minimum absolute atomic E-state index is 0.0764. The molecule has 0 unspecified atom stereocenters. The SMILES string of the molecule is O=[N+]([O-])c1ccc(O)c(C=Nc2cccc3c(-c4ccccc4)ccnc23)c1. The van der Waals surface area contributed by atoms with Crippen molar-refractivity contribution >= 4 is 28.5 Å². The predicted octanol–water partition coefficient (Wildman–Crippen LogP) is 5.27. The van der Waals surface area contributed by atoms with Crippen LogP contribution in [0.3, 0.4) is 0 Å². The number of rotatable bonds is 4. The quantitative estimate of drug-likeness (QED) is 0.302. The van der Waals surface area contributed by atoms with E-state index in [-0.39, 0.29) is 17.0 Å². The first kappa shape index (κ1) is 17.4. The second-order valence-corrected chi connectivity index (χ2v) is 6.16. The van der Waals surface area contributed by atoms with Gasteiger partial charge in [0.15, 0.2) is 0 Å². The molecular formula is C22H15N3O3. The second-order valence-electron chi connectivity index (χ2n) is 6.16. The fourth-order valence-electron chi connectivity index (χ4n) is 3.03. The van der Waals surface area contributed by atoms with Crippen LogP contribution in [0.15, 0.2) is 84.0 Å². The third-order valence-corrected chi connectivity index (χ3v) is 4.40. The molecule has 0 fully saturated rings. The van der Waals surface area contributed by atoms with E-state index >= 15 is 0 Å². The van der Waals surface area contributed by atoms with Crippen molar-refractivity contribution in [3.8, 4) is 16.9 Å². The molecule has 6 heteroatoms. The first-order chi connectivity index (χ1) is 13.6. The largest absolute Gasteiger partial charge is 0.507 e. The number of nitrogens with zero attached hydrogens (tertiary/aromatic N) is 3. The van der Waals surface area contributed by atoms with Crippen LogP contribution in [0.5, 0.6) is 5.75 Å². The molecule has 0 spiro atoms. The lowest BCUT2D eigenvalue weighted by atomic mass is 10.0. The Kier molecular flexibility index (Phi) is 4.51. The number of fused-ring (bicyclic) bond motifs is 1. The van der Waals surface area contributed by atoms with E-state index < -0.39 is 4.92 Å². The number of pyridine rings is 1. The van der Waals surface area contributed by atoms with Crippen LogP contribution in [0.1, 0.15) is 5.56 Å². The van der Waals surface area contributed by atoms with Crippen LogP contribution in [-0.2, 0) is 0 Å². The molecule has 0 aliphatic heterocycles. The fourth-order valence-corrected chi connectivity index (χ4v) is 3.03. The first-order valence-corrected chi connectivity index (χ1v) is 8.58. The average Bonchev–Trinajstić information content (AvgIpc) is 2.73. The van der Waals surface area contributed by atoms with E-state index in [4.69, 9.17) is 0 Å². The molecule has 1 heterocycles. The fraction of sp³-hybridized carbons (Fsp3) is 0. The number of hydrogen-bond donors (Lipinski definition) is 1. The van der Waals surface area contributed by atoms with Crippen LogP contribution in [0.4, 0.5) is 11.4 Å². The van der Waals surface area contributed by atoms with Crippen molar-refractivity contribution in [3.05, 3.63) is 94.7 Å². The zero-order chi connectivity index (χ0) is 19.5. The predicted molar refractivity (Wildman–Crippen MR) is 109 cm³/mol. The molecule has 1 aromatic heterocycles. The van der Waals surface area contributed by atoms with Gasteiger partial charge in [-0.05, 0) is 29.3 Å². The highest BCUT2D eigenvalue weighted by Crippen LogP contribution is 2.32. The van der Waals surface area contributed by atoms with Crippen molar-refractivity contribution in [2.24, 2.45) is 4.99 Å². The maximum absolute atomic E-state index is 11.0. The van der Waals surface area contributed by atoms with Gasteiger partial charge in [0.2, 0.25) is 0 Å². The number of aliphatic imine (C=N–C) groups is 1. The van der Waals surface area contributed by atoms with E-state index in [0.717, 1.165) is 16.5 Å². The van der Waals surface area contributed by atoms with Gasteiger partial charge in [0.1, 0.15) is 5.75 Å². The Morgan fingerprint density at radius 1 is 1.00 bits per heavy atom. The molecule has 0 saturated carbocycles. The number of nitro benzene ring substituents is 1. The molecule has 4 rings (SSSR count). The summed E-state index contributed by atoms with van der Waals surface area (Å²) in [7, 11) is 0. The minimum atomic E-state index is -0.512. The summed E-state index contributed by atoms with van der Waals surface area (Å²) in [5.41, 5.74) is 3.60. The molecule has 0 aliphatic rings. The molecule has 0 aliphatic carbocycles. The number of hydrogen-bond acceptors (Lipinski definition) is 5. The molecule has 3 aromatic carbocycles. The van der Waals surface area contributed by atoms with Gasteiger partial charge in [0.25, 0.3) is 5.69 Å². The molecule has 0 radical (unpaired) electrons.